The van der Waals surface area contributed by atoms with Crippen molar-refractivity contribution in [2.75, 3.05) is 0 Å². The van der Waals surface area contributed by atoms with Crippen molar-refractivity contribution in [3.8, 4) is 44.8 Å². The summed E-state index contributed by atoms with van der Waals surface area (Å²) in [5.41, 5.74) is 8.38. The van der Waals surface area contributed by atoms with Crippen LogP contribution in [-0.2, 0) is 20.1 Å². The number of hydrogen-bond acceptors (Lipinski definition) is 3. The zero-order chi connectivity index (χ0) is 39.0. The molecular weight excluding hydrogens is 849 g/mol. The predicted molar refractivity (Wildman–Crippen MR) is 208 cm³/mol. The first-order valence-electron chi connectivity index (χ1n) is 19.1. The quantitative estimate of drug-likeness (QED) is 0.128. The van der Waals surface area contributed by atoms with Gasteiger partial charge in [0.1, 0.15) is 5.58 Å². The molecule has 5 heteroatoms. The van der Waals surface area contributed by atoms with E-state index >= 15 is 0 Å². The van der Waals surface area contributed by atoms with E-state index in [1.165, 1.54) is 10.5 Å². The molecule has 0 amide bonds. The van der Waals surface area contributed by atoms with Crippen LogP contribution in [0.2, 0.25) is 17.3 Å². The molecule has 8 rings (SSSR count). The Labute approximate surface area is 319 Å². The van der Waals surface area contributed by atoms with Gasteiger partial charge in [0.2, 0.25) is 0 Å². The maximum atomic E-state index is 8.15. The molecule has 8 aromatic rings. The van der Waals surface area contributed by atoms with Crippen molar-refractivity contribution >= 4 is 39.6 Å². The number of hydrogen-bond donors (Lipinski definition) is 0. The molecule has 0 bridgehead atoms. The molecule has 0 atom stereocenters. The molecule has 0 spiro atoms. The molecule has 0 saturated carbocycles. The first kappa shape index (κ1) is 28.1. The second kappa shape index (κ2) is 15.1. The molecule has 1 radical (unpaired) electrons. The van der Waals surface area contributed by atoms with E-state index in [1.54, 1.807) is 24.4 Å². The molecule has 0 saturated heterocycles. The van der Waals surface area contributed by atoms with Crippen LogP contribution in [0.4, 0.5) is 0 Å². The van der Waals surface area contributed by atoms with E-state index in [0.717, 1.165) is 44.3 Å². The molecule has 249 valence electrons. The number of fused-ring (bicyclic) bond motifs is 3. The summed E-state index contributed by atoms with van der Waals surface area (Å²) in [7, 11) is 0. The minimum atomic E-state index is -2.30. The first-order chi connectivity index (χ1) is 26.2. The van der Waals surface area contributed by atoms with E-state index in [2.05, 4.69) is 69.7 Å². The zero-order valence-electron chi connectivity index (χ0n) is 33.9. The summed E-state index contributed by atoms with van der Waals surface area (Å²) in [6.07, 6.45) is 3.58. The van der Waals surface area contributed by atoms with Crippen LogP contribution in [0.25, 0.3) is 66.7 Å². The van der Waals surface area contributed by atoms with Crippen LogP contribution in [0, 0.1) is 25.8 Å². The van der Waals surface area contributed by atoms with Gasteiger partial charge in [-0.2, -0.15) is 0 Å². The fourth-order valence-electron chi connectivity index (χ4n) is 5.76. The van der Waals surface area contributed by atoms with Crippen LogP contribution in [0.15, 0.2) is 144 Å². The van der Waals surface area contributed by atoms with Crippen molar-refractivity contribution in [2.24, 2.45) is 0 Å². The Morgan fingerprint density at radius 2 is 1.42 bits per heavy atom. The third kappa shape index (κ3) is 7.59. The summed E-state index contributed by atoms with van der Waals surface area (Å²) in [5.74, 6) is 6.98. The van der Waals surface area contributed by atoms with Crippen molar-refractivity contribution in [3.05, 3.63) is 163 Å². The number of aryl methyl sites for hydroxylation is 2. The molecule has 0 aliphatic rings. The number of pyridine rings is 2. The van der Waals surface area contributed by atoms with Gasteiger partial charge in [-0.05, 0) is 40.9 Å². The zero-order valence-corrected chi connectivity index (χ0v) is 32.4. The summed E-state index contributed by atoms with van der Waals surface area (Å²) in [6, 6.07) is 46.5. The normalized spacial score (nSPS) is 13.4. The second-order valence-electron chi connectivity index (χ2n) is 12.9. The van der Waals surface area contributed by atoms with Gasteiger partial charge in [0.15, 0.2) is 0 Å². The average molecular weight is 894 g/mol. The first-order valence-corrected chi connectivity index (χ1v) is 23.5. The fourth-order valence-corrected chi connectivity index (χ4v) is 7.93. The summed E-state index contributed by atoms with van der Waals surface area (Å²) in [6.45, 7) is -4.37. The molecule has 3 heterocycles. The van der Waals surface area contributed by atoms with Crippen LogP contribution in [0.5, 0.6) is 0 Å². The monoisotopic (exact) mass is 895 g/mol. The van der Waals surface area contributed by atoms with Gasteiger partial charge >= 0.3 is 110 Å². The van der Waals surface area contributed by atoms with Gasteiger partial charge in [-0.3, -0.25) is 0 Å². The van der Waals surface area contributed by atoms with Gasteiger partial charge < -0.3 is 9.40 Å². The Kier molecular flexibility index (Phi) is 8.50. The minimum absolute atomic E-state index is 0. The number of furan rings is 1. The van der Waals surface area contributed by atoms with Gasteiger partial charge in [0.05, 0.1) is 5.58 Å². The number of aromatic nitrogens is 2. The third-order valence-electron chi connectivity index (χ3n) is 8.50. The number of rotatable bonds is 5. The fraction of sp³-hybridized carbons (Fsp3) is 0.111. The van der Waals surface area contributed by atoms with Crippen LogP contribution in [0.1, 0.15) is 19.4 Å². The molecule has 0 N–H and O–H groups in total. The summed E-state index contributed by atoms with van der Waals surface area (Å²) in [5, 5.41) is 1.93. The van der Waals surface area contributed by atoms with Crippen LogP contribution in [-0.4, -0.2) is 23.2 Å². The van der Waals surface area contributed by atoms with Crippen LogP contribution < -0.4 is 4.40 Å². The van der Waals surface area contributed by atoms with Gasteiger partial charge in [-0.15, -0.1) is 18.2 Å². The number of benzene rings is 5. The topological polar surface area (TPSA) is 38.9 Å². The summed E-state index contributed by atoms with van der Waals surface area (Å²) >= 11 is -1.83. The molecular formula is C45H38GeIrN2O-2. The number of nitrogens with zero attached hydrogens (tertiary/aromatic N) is 2. The molecule has 5 aromatic carbocycles. The smallest absolute Gasteiger partial charge is 0.121 e. The van der Waals surface area contributed by atoms with E-state index in [-0.39, 0.29) is 25.7 Å². The molecule has 0 aliphatic heterocycles. The predicted octanol–water partition coefficient (Wildman–Crippen LogP) is 11.5. The Morgan fingerprint density at radius 1 is 0.660 bits per heavy atom. The van der Waals surface area contributed by atoms with E-state index in [1.807, 2.05) is 79.0 Å². The molecule has 50 heavy (non-hydrogen) atoms. The Morgan fingerprint density at radius 3 is 2.08 bits per heavy atom. The maximum absolute atomic E-state index is 8.15. The molecule has 0 aliphatic carbocycles. The van der Waals surface area contributed by atoms with Crippen LogP contribution >= 0.6 is 0 Å². The summed E-state index contributed by atoms with van der Waals surface area (Å²) < 4.78 is 54.2. The molecule has 0 unspecified atom stereocenters. The van der Waals surface area contributed by atoms with Gasteiger partial charge in [0, 0.05) is 41.4 Å². The average Bonchev–Trinajstić information content (AvgIpc) is 3.56. The van der Waals surface area contributed by atoms with Crippen LogP contribution in [0.3, 0.4) is 0 Å². The Hall–Kier alpha value is -4.61. The Bertz CT molecular complexity index is 2530. The van der Waals surface area contributed by atoms with Crippen molar-refractivity contribution in [1.82, 2.24) is 9.97 Å². The standard InChI is InChI=1S/C30H20NO.C15H18GeN.Ir/c1-20-17-28(31-19-27(20)22-11-6-3-7-12-22)26-14-8-13-25-24-16-15-23(18-29(24)32-30(25)26)21-9-4-2-5-10-21;1-12-5-7-13(8-6-12)15-10-9-14(11-17-15)16(2,3)4;/h2-13,15-19H,1H3;5-7,9-11H,1-4H3;/q2*-1;/i2*1D3;. The second-order valence-corrected chi connectivity index (χ2v) is 23.6. The van der Waals surface area contributed by atoms with E-state index in [9.17, 15) is 0 Å². The maximum Gasteiger partial charge on any atom is 0.121 e. The SMILES string of the molecule is [2H]C([2H])([2H])c1c[c-]c(-c2cc[c]([Ge]([CH3])([CH3])[CH3])cn2)cc1.[2H]C([2H])([2H])c1cc(-c2[c-]ccc3c2oc2cc(-c4ccccc4)ccc23)ncc1-c1ccccc1.[Ir]. The van der Waals surface area contributed by atoms with Crippen molar-refractivity contribution in [1.29, 1.82) is 0 Å². The van der Waals surface area contributed by atoms with E-state index in [0.29, 0.717) is 28.0 Å². The third-order valence-corrected chi connectivity index (χ3v) is 12.8. The van der Waals surface area contributed by atoms with Crippen molar-refractivity contribution in [2.45, 2.75) is 31.0 Å². The molecule has 3 aromatic heterocycles. The van der Waals surface area contributed by atoms with Gasteiger partial charge in [0.25, 0.3) is 0 Å². The van der Waals surface area contributed by atoms with Crippen molar-refractivity contribution < 1.29 is 32.7 Å². The van der Waals surface area contributed by atoms with Gasteiger partial charge in [-0.25, -0.2) is 0 Å². The minimum Gasteiger partial charge on any atom is -0.501 e. The molecule has 3 nitrogen and oxygen atoms in total. The van der Waals surface area contributed by atoms with Gasteiger partial charge in [-0.1, -0.05) is 89.8 Å². The largest absolute Gasteiger partial charge is 0.501 e. The van der Waals surface area contributed by atoms with E-state index < -0.39 is 27.0 Å². The Balaban J connectivity index is 0.000000217. The van der Waals surface area contributed by atoms with E-state index in [4.69, 9.17) is 12.6 Å². The summed E-state index contributed by atoms with van der Waals surface area (Å²) in [4.78, 5) is 9.13. The van der Waals surface area contributed by atoms with Crippen molar-refractivity contribution in [3.63, 3.8) is 0 Å². The molecule has 0 fully saturated rings.